The second-order valence-corrected chi connectivity index (χ2v) is 4.80. The van der Waals surface area contributed by atoms with E-state index in [0.717, 1.165) is 5.56 Å². The second kappa shape index (κ2) is 6.65. The zero-order valence-corrected chi connectivity index (χ0v) is 11.6. The van der Waals surface area contributed by atoms with Gasteiger partial charge in [-0.25, -0.2) is 4.79 Å². The monoisotopic (exact) mass is 288 g/mol. The van der Waals surface area contributed by atoms with Crippen LogP contribution in [0.5, 0.6) is 0 Å². The number of amides is 1. The summed E-state index contributed by atoms with van der Waals surface area (Å²) in [5.41, 5.74) is 0.161. The third-order valence-corrected chi connectivity index (χ3v) is 2.95. The fourth-order valence-corrected chi connectivity index (χ4v) is 1.99. The van der Waals surface area contributed by atoms with Crippen molar-refractivity contribution < 1.29 is 4.79 Å². The van der Waals surface area contributed by atoms with Crippen LogP contribution in [0.15, 0.2) is 40.3 Å². The van der Waals surface area contributed by atoms with E-state index in [-0.39, 0.29) is 23.9 Å². The van der Waals surface area contributed by atoms with Crippen LogP contribution in [0.1, 0.15) is 18.1 Å². The number of aromatic amines is 2. The van der Waals surface area contributed by atoms with Gasteiger partial charge in [0.2, 0.25) is 5.91 Å². The summed E-state index contributed by atoms with van der Waals surface area (Å²) in [6.07, 6.45) is 5.25. The van der Waals surface area contributed by atoms with Crippen LogP contribution in [-0.4, -0.2) is 26.9 Å². The lowest BCUT2D eigenvalue weighted by atomic mass is 10.1. The van der Waals surface area contributed by atoms with Crippen molar-refractivity contribution in [2.24, 2.45) is 0 Å². The summed E-state index contributed by atoms with van der Waals surface area (Å²) in [4.78, 5) is 42.6. The molecule has 0 radical (unpaired) electrons. The molecule has 1 amide bonds. The lowest BCUT2D eigenvalue weighted by Crippen LogP contribution is -2.37. The van der Waals surface area contributed by atoms with Gasteiger partial charge in [-0.2, -0.15) is 0 Å². The Hall–Kier alpha value is -2.70. The zero-order chi connectivity index (χ0) is 15.2. The molecular formula is C14H16N4O3. The summed E-state index contributed by atoms with van der Waals surface area (Å²) in [6.45, 7) is 1.88. The standard InChI is InChI=1S/C14H16N4O3/c1-9(6-10-2-4-15-5-3-10)17-12(19)7-11-8-16-14(21)18-13(11)20/h2-5,8-9H,6-7H2,1H3,(H,17,19)(H2,16,18,20,21)/t9-/m1/s1. The fourth-order valence-electron chi connectivity index (χ4n) is 1.99. The molecule has 0 aromatic carbocycles. The average molecular weight is 288 g/mol. The van der Waals surface area contributed by atoms with Gasteiger partial charge in [0.05, 0.1) is 6.42 Å². The van der Waals surface area contributed by atoms with Crippen molar-refractivity contribution in [1.29, 1.82) is 0 Å². The molecule has 2 rings (SSSR count). The van der Waals surface area contributed by atoms with Crippen molar-refractivity contribution in [3.8, 4) is 0 Å². The number of aromatic nitrogens is 3. The third-order valence-electron chi connectivity index (χ3n) is 2.95. The highest BCUT2D eigenvalue weighted by Crippen LogP contribution is 2.01. The highest BCUT2D eigenvalue weighted by atomic mass is 16.2. The van der Waals surface area contributed by atoms with Crippen molar-refractivity contribution in [1.82, 2.24) is 20.3 Å². The van der Waals surface area contributed by atoms with Crippen molar-refractivity contribution in [3.63, 3.8) is 0 Å². The topological polar surface area (TPSA) is 108 Å². The van der Waals surface area contributed by atoms with Crippen LogP contribution in [0, 0.1) is 0 Å². The number of rotatable bonds is 5. The lowest BCUT2D eigenvalue weighted by Gasteiger charge is -2.13. The van der Waals surface area contributed by atoms with Gasteiger partial charge in [0.15, 0.2) is 0 Å². The number of hydrogen-bond donors (Lipinski definition) is 3. The molecule has 3 N–H and O–H groups in total. The number of carbonyl (C=O) groups is 1. The predicted octanol–water partition coefficient (Wildman–Crippen LogP) is -0.252. The molecule has 21 heavy (non-hydrogen) atoms. The Morgan fingerprint density at radius 2 is 2.05 bits per heavy atom. The quantitative estimate of drug-likeness (QED) is 0.705. The van der Waals surface area contributed by atoms with Crippen LogP contribution >= 0.6 is 0 Å². The molecule has 0 saturated carbocycles. The van der Waals surface area contributed by atoms with Crippen LogP contribution in [0.2, 0.25) is 0 Å². The van der Waals surface area contributed by atoms with E-state index >= 15 is 0 Å². The number of nitrogens with zero attached hydrogens (tertiary/aromatic N) is 1. The molecule has 0 aliphatic heterocycles. The highest BCUT2D eigenvalue weighted by Gasteiger charge is 2.11. The van der Waals surface area contributed by atoms with E-state index in [1.54, 1.807) is 12.4 Å². The number of hydrogen-bond acceptors (Lipinski definition) is 4. The molecule has 0 fully saturated rings. The molecule has 2 heterocycles. The third kappa shape index (κ3) is 4.41. The minimum absolute atomic E-state index is 0.0678. The van der Waals surface area contributed by atoms with Gasteiger partial charge < -0.3 is 10.3 Å². The molecule has 0 saturated heterocycles. The number of pyridine rings is 1. The van der Waals surface area contributed by atoms with E-state index in [1.807, 2.05) is 19.1 Å². The van der Waals surface area contributed by atoms with E-state index in [1.165, 1.54) is 6.20 Å². The van der Waals surface area contributed by atoms with Crippen LogP contribution in [-0.2, 0) is 17.6 Å². The molecule has 7 nitrogen and oxygen atoms in total. The largest absolute Gasteiger partial charge is 0.353 e. The summed E-state index contributed by atoms with van der Waals surface area (Å²) in [5.74, 6) is -0.269. The molecule has 7 heteroatoms. The molecule has 0 spiro atoms. The van der Waals surface area contributed by atoms with Gasteiger partial charge in [-0.1, -0.05) is 0 Å². The van der Waals surface area contributed by atoms with Crippen molar-refractivity contribution in [2.75, 3.05) is 0 Å². The van der Waals surface area contributed by atoms with Gasteiger partial charge in [-0.15, -0.1) is 0 Å². The van der Waals surface area contributed by atoms with Gasteiger partial charge in [0.25, 0.3) is 5.56 Å². The average Bonchev–Trinajstić information content (AvgIpc) is 2.43. The fraction of sp³-hybridized carbons (Fsp3) is 0.286. The van der Waals surface area contributed by atoms with Crippen LogP contribution in [0.25, 0.3) is 0 Å². The van der Waals surface area contributed by atoms with E-state index in [4.69, 9.17) is 0 Å². The Balaban J connectivity index is 1.92. The van der Waals surface area contributed by atoms with Gasteiger partial charge in [-0.05, 0) is 31.0 Å². The van der Waals surface area contributed by atoms with E-state index < -0.39 is 11.2 Å². The first-order valence-corrected chi connectivity index (χ1v) is 6.54. The van der Waals surface area contributed by atoms with Gasteiger partial charge in [0, 0.05) is 30.2 Å². The zero-order valence-electron chi connectivity index (χ0n) is 11.6. The molecular weight excluding hydrogens is 272 g/mol. The predicted molar refractivity (Wildman–Crippen MR) is 76.9 cm³/mol. The molecule has 0 aliphatic carbocycles. The molecule has 110 valence electrons. The summed E-state index contributed by atoms with van der Waals surface area (Å²) in [5, 5.41) is 2.81. The highest BCUT2D eigenvalue weighted by molar-refractivity contribution is 5.78. The molecule has 0 aliphatic rings. The van der Waals surface area contributed by atoms with Crippen molar-refractivity contribution in [2.45, 2.75) is 25.8 Å². The first-order valence-electron chi connectivity index (χ1n) is 6.54. The summed E-state index contributed by atoms with van der Waals surface area (Å²) in [6, 6.07) is 3.70. The Kier molecular flexibility index (Phi) is 4.65. The number of nitrogens with one attached hydrogen (secondary N) is 3. The number of H-pyrrole nitrogens is 2. The molecule has 2 aromatic rings. The van der Waals surface area contributed by atoms with Gasteiger partial charge in [-0.3, -0.25) is 19.6 Å². The molecule has 0 unspecified atom stereocenters. The Bertz CT molecular complexity index is 721. The summed E-state index contributed by atoms with van der Waals surface area (Å²) in [7, 11) is 0. The Morgan fingerprint density at radius 1 is 1.33 bits per heavy atom. The Morgan fingerprint density at radius 3 is 2.71 bits per heavy atom. The molecule has 0 bridgehead atoms. The van der Waals surface area contributed by atoms with Crippen LogP contribution in [0.3, 0.4) is 0 Å². The smallest absolute Gasteiger partial charge is 0.325 e. The molecule has 1 atom stereocenters. The van der Waals surface area contributed by atoms with Crippen LogP contribution in [0.4, 0.5) is 0 Å². The summed E-state index contributed by atoms with van der Waals surface area (Å²) >= 11 is 0. The maximum absolute atomic E-state index is 11.9. The minimum atomic E-state index is -0.588. The normalized spacial score (nSPS) is 11.9. The van der Waals surface area contributed by atoms with Crippen LogP contribution < -0.4 is 16.6 Å². The Labute approximate surface area is 120 Å². The molecule has 2 aromatic heterocycles. The maximum atomic E-state index is 11.9. The van der Waals surface area contributed by atoms with Crippen molar-refractivity contribution >= 4 is 5.91 Å². The number of carbonyl (C=O) groups excluding carboxylic acids is 1. The SMILES string of the molecule is C[C@H](Cc1ccncc1)NC(=O)Cc1c[nH]c(=O)[nH]c1=O. The first kappa shape index (κ1) is 14.7. The maximum Gasteiger partial charge on any atom is 0.325 e. The lowest BCUT2D eigenvalue weighted by molar-refractivity contribution is -0.121. The second-order valence-electron chi connectivity index (χ2n) is 4.80. The summed E-state index contributed by atoms with van der Waals surface area (Å²) < 4.78 is 0. The van der Waals surface area contributed by atoms with E-state index in [2.05, 4.69) is 20.3 Å². The van der Waals surface area contributed by atoms with Gasteiger partial charge >= 0.3 is 5.69 Å². The minimum Gasteiger partial charge on any atom is -0.353 e. The van der Waals surface area contributed by atoms with E-state index in [9.17, 15) is 14.4 Å². The van der Waals surface area contributed by atoms with E-state index in [0.29, 0.717) is 6.42 Å². The van der Waals surface area contributed by atoms with Crippen molar-refractivity contribution in [3.05, 3.63) is 62.7 Å². The first-order chi connectivity index (χ1) is 10.0. The van der Waals surface area contributed by atoms with Gasteiger partial charge in [0.1, 0.15) is 0 Å².